The molecule has 0 saturated carbocycles. The van der Waals surface area contributed by atoms with E-state index in [9.17, 15) is 4.79 Å². The molecule has 0 bridgehead atoms. The molecule has 2 heterocycles. The Balaban J connectivity index is 1.70. The third kappa shape index (κ3) is 4.38. The van der Waals surface area contributed by atoms with Crippen LogP contribution in [-0.4, -0.2) is 25.1 Å². The molecule has 2 aromatic heterocycles. The molecule has 0 spiro atoms. The molecule has 0 radical (unpaired) electrons. The van der Waals surface area contributed by atoms with E-state index in [1.54, 1.807) is 43.6 Å². The molecule has 2 aromatic carbocycles. The largest absolute Gasteiger partial charge is 0.496 e. The summed E-state index contributed by atoms with van der Waals surface area (Å²) in [4.78, 5) is 19.7. The molecular weight excluding hydrogens is 436 g/mol. The lowest BCUT2D eigenvalue weighted by atomic mass is 10.1. The van der Waals surface area contributed by atoms with Gasteiger partial charge in [-0.1, -0.05) is 35.1 Å². The summed E-state index contributed by atoms with van der Waals surface area (Å²) in [5.41, 5.74) is 2.50. The van der Waals surface area contributed by atoms with Gasteiger partial charge in [-0.3, -0.25) is 9.69 Å². The second kappa shape index (κ2) is 8.99. The van der Waals surface area contributed by atoms with Crippen LogP contribution in [0.4, 0.5) is 5.13 Å². The van der Waals surface area contributed by atoms with Crippen molar-refractivity contribution < 1.29 is 18.7 Å². The number of amides is 1. The second-order valence-corrected chi connectivity index (χ2v) is 8.35. The van der Waals surface area contributed by atoms with Crippen LogP contribution in [0.1, 0.15) is 16.9 Å². The van der Waals surface area contributed by atoms with E-state index in [1.807, 2.05) is 31.2 Å². The van der Waals surface area contributed by atoms with E-state index < -0.39 is 0 Å². The van der Waals surface area contributed by atoms with Gasteiger partial charge < -0.3 is 13.9 Å². The molecule has 6 nitrogen and oxygen atoms in total. The van der Waals surface area contributed by atoms with Crippen LogP contribution in [0.5, 0.6) is 11.5 Å². The standard InChI is InChI=1S/C23H21ClN2O4S/c1-14-11-15(6-8-18(14)28-2)12-20(27)26(13-16-5-4-10-30-16)23-25-21-19(29-3)9-7-17(24)22(21)31-23/h4-11H,12-13H2,1-3H3. The van der Waals surface area contributed by atoms with Gasteiger partial charge in [-0.2, -0.15) is 0 Å². The number of thiazole rings is 1. The molecule has 8 heteroatoms. The van der Waals surface area contributed by atoms with Crippen LogP contribution in [0.15, 0.2) is 53.1 Å². The molecule has 0 fully saturated rings. The number of carbonyl (C=O) groups is 1. The smallest absolute Gasteiger partial charge is 0.233 e. The van der Waals surface area contributed by atoms with Crippen molar-refractivity contribution in [1.29, 1.82) is 0 Å². The fraction of sp³-hybridized carbons (Fsp3) is 0.217. The maximum Gasteiger partial charge on any atom is 0.233 e. The first kappa shape index (κ1) is 21.2. The van der Waals surface area contributed by atoms with Crippen LogP contribution < -0.4 is 14.4 Å². The molecule has 31 heavy (non-hydrogen) atoms. The minimum atomic E-state index is -0.102. The number of benzene rings is 2. The number of furan rings is 1. The zero-order valence-electron chi connectivity index (χ0n) is 17.3. The number of aromatic nitrogens is 1. The van der Waals surface area contributed by atoms with Gasteiger partial charge >= 0.3 is 0 Å². The van der Waals surface area contributed by atoms with Crippen LogP contribution in [-0.2, 0) is 17.8 Å². The van der Waals surface area contributed by atoms with Crippen LogP contribution in [0.3, 0.4) is 0 Å². The molecule has 0 aliphatic rings. The van der Waals surface area contributed by atoms with Crippen LogP contribution in [0.2, 0.25) is 5.02 Å². The summed E-state index contributed by atoms with van der Waals surface area (Å²) < 4.78 is 17.0. The van der Waals surface area contributed by atoms with Crippen molar-refractivity contribution in [3.63, 3.8) is 0 Å². The minimum absolute atomic E-state index is 0.102. The molecule has 4 rings (SSSR count). The van der Waals surface area contributed by atoms with E-state index in [1.165, 1.54) is 11.3 Å². The number of ether oxygens (including phenoxy) is 2. The number of halogens is 1. The van der Waals surface area contributed by atoms with E-state index in [-0.39, 0.29) is 18.9 Å². The van der Waals surface area contributed by atoms with E-state index in [0.717, 1.165) is 21.6 Å². The van der Waals surface area contributed by atoms with E-state index >= 15 is 0 Å². The number of fused-ring (bicyclic) bond motifs is 1. The van der Waals surface area contributed by atoms with Crippen LogP contribution >= 0.6 is 22.9 Å². The maximum atomic E-state index is 13.4. The fourth-order valence-corrected chi connectivity index (χ4v) is 4.64. The van der Waals surface area contributed by atoms with Crippen molar-refractivity contribution in [1.82, 2.24) is 4.98 Å². The zero-order chi connectivity index (χ0) is 22.0. The third-order valence-electron chi connectivity index (χ3n) is 4.91. The van der Waals surface area contributed by atoms with Crippen molar-refractivity contribution in [3.05, 3.63) is 70.6 Å². The summed E-state index contributed by atoms with van der Waals surface area (Å²) in [6, 6.07) is 12.9. The Hall–Kier alpha value is -3.03. The molecule has 160 valence electrons. The fourth-order valence-electron chi connectivity index (χ4n) is 3.36. The summed E-state index contributed by atoms with van der Waals surface area (Å²) in [6.07, 6.45) is 1.80. The Morgan fingerprint density at radius 3 is 2.61 bits per heavy atom. The van der Waals surface area contributed by atoms with Gasteiger partial charge in [-0.15, -0.1) is 0 Å². The van der Waals surface area contributed by atoms with Gasteiger partial charge in [0, 0.05) is 0 Å². The molecule has 0 N–H and O–H groups in total. The average Bonchev–Trinajstić information content (AvgIpc) is 3.43. The predicted octanol–water partition coefficient (Wildman–Crippen LogP) is 5.64. The van der Waals surface area contributed by atoms with E-state index in [0.29, 0.717) is 27.2 Å². The SMILES string of the molecule is COc1ccc(CC(=O)N(Cc2ccco2)c2nc3c(OC)ccc(Cl)c3s2)cc1C. The number of rotatable bonds is 7. The number of carbonyl (C=O) groups excluding carboxylic acids is 1. The summed E-state index contributed by atoms with van der Waals surface area (Å²) in [5.74, 6) is 1.96. The number of hydrogen-bond donors (Lipinski definition) is 0. The zero-order valence-corrected chi connectivity index (χ0v) is 18.9. The normalized spacial score (nSPS) is 11.0. The second-order valence-electron chi connectivity index (χ2n) is 6.96. The number of methoxy groups -OCH3 is 2. The average molecular weight is 457 g/mol. The van der Waals surface area contributed by atoms with Gasteiger partial charge in [0.2, 0.25) is 5.91 Å². The van der Waals surface area contributed by atoms with Crippen LogP contribution in [0.25, 0.3) is 10.2 Å². The molecule has 0 unspecified atom stereocenters. The summed E-state index contributed by atoms with van der Waals surface area (Å²) in [6.45, 7) is 2.22. The summed E-state index contributed by atoms with van der Waals surface area (Å²) in [7, 11) is 3.21. The predicted molar refractivity (Wildman–Crippen MR) is 123 cm³/mol. The summed E-state index contributed by atoms with van der Waals surface area (Å²) >= 11 is 7.73. The number of nitrogens with zero attached hydrogens (tertiary/aromatic N) is 2. The van der Waals surface area contributed by atoms with Crippen molar-refractivity contribution in [2.75, 3.05) is 19.1 Å². The first-order valence-electron chi connectivity index (χ1n) is 9.59. The topological polar surface area (TPSA) is 64.8 Å². The highest BCUT2D eigenvalue weighted by molar-refractivity contribution is 7.23. The van der Waals surface area contributed by atoms with Gasteiger partial charge in [-0.25, -0.2) is 4.98 Å². The lowest BCUT2D eigenvalue weighted by molar-refractivity contribution is -0.118. The van der Waals surface area contributed by atoms with Crippen molar-refractivity contribution in [2.45, 2.75) is 19.9 Å². The van der Waals surface area contributed by atoms with Gasteiger partial charge in [0.15, 0.2) is 5.13 Å². The maximum absolute atomic E-state index is 13.4. The molecule has 0 atom stereocenters. The van der Waals surface area contributed by atoms with Crippen molar-refractivity contribution >= 4 is 44.2 Å². The van der Waals surface area contributed by atoms with E-state index in [2.05, 4.69) is 4.98 Å². The van der Waals surface area contributed by atoms with Crippen LogP contribution in [0, 0.1) is 6.92 Å². The summed E-state index contributed by atoms with van der Waals surface area (Å²) in [5, 5.41) is 1.10. The van der Waals surface area contributed by atoms with E-state index in [4.69, 9.17) is 25.5 Å². The lowest BCUT2D eigenvalue weighted by Crippen LogP contribution is -2.31. The highest BCUT2D eigenvalue weighted by Gasteiger charge is 2.23. The van der Waals surface area contributed by atoms with Crippen molar-refractivity contribution in [3.8, 4) is 11.5 Å². The monoisotopic (exact) mass is 456 g/mol. The minimum Gasteiger partial charge on any atom is -0.496 e. The number of aryl methyl sites for hydroxylation is 1. The first-order valence-corrected chi connectivity index (χ1v) is 10.8. The Kier molecular flexibility index (Phi) is 6.15. The Morgan fingerprint density at radius 2 is 1.94 bits per heavy atom. The highest BCUT2D eigenvalue weighted by atomic mass is 35.5. The number of anilines is 1. The Bertz CT molecular complexity index is 1220. The number of hydrogen-bond acceptors (Lipinski definition) is 6. The Morgan fingerprint density at radius 1 is 1.16 bits per heavy atom. The third-order valence-corrected chi connectivity index (χ3v) is 6.45. The van der Waals surface area contributed by atoms with Gasteiger partial charge in [-0.05, 0) is 48.4 Å². The molecule has 0 aliphatic carbocycles. The Labute approximate surface area is 189 Å². The molecule has 0 aliphatic heterocycles. The van der Waals surface area contributed by atoms with Gasteiger partial charge in [0.25, 0.3) is 0 Å². The molecule has 1 amide bonds. The molecular formula is C23H21ClN2O4S. The molecule has 4 aromatic rings. The quantitative estimate of drug-likeness (QED) is 0.360. The first-order chi connectivity index (χ1) is 15.0. The lowest BCUT2D eigenvalue weighted by Gasteiger charge is -2.19. The highest BCUT2D eigenvalue weighted by Crippen LogP contribution is 2.39. The molecule has 0 saturated heterocycles. The van der Waals surface area contributed by atoms with Gasteiger partial charge in [0.05, 0.1) is 43.2 Å². The van der Waals surface area contributed by atoms with Gasteiger partial charge in [0.1, 0.15) is 22.8 Å². The van der Waals surface area contributed by atoms with Crippen molar-refractivity contribution in [2.24, 2.45) is 0 Å².